The molecule has 0 radical (unpaired) electrons. The lowest BCUT2D eigenvalue weighted by atomic mass is 10.2. The Morgan fingerprint density at radius 3 is 2.48 bits per heavy atom. The molecule has 116 valence electrons. The Labute approximate surface area is 133 Å². The van der Waals surface area contributed by atoms with Crippen molar-refractivity contribution in [3.8, 4) is 11.3 Å². The number of thiazole rings is 1. The van der Waals surface area contributed by atoms with Crippen LogP contribution in [0, 0.1) is 17.5 Å². The van der Waals surface area contributed by atoms with Crippen LogP contribution in [0.5, 0.6) is 0 Å². The number of rotatable bonds is 3. The molecule has 0 atom stereocenters. The number of aromatic nitrogens is 1. The topological polar surface area (TPSA) is 42.0 Å². The summed E-state index contributed by atoms with van der Waals surface area (Å²) in [7, 11) is 0. The molecule has 0 saturated carbocycles. The van der Waals surface area contributed by atoms with E-state index in [-0.39, 0.29) is 5.13 Å². The van der Waals surface area contributed by atoms with E-state index in [1.807, 2.05) is 30.3 Å². The van der Waals surface area contributed by atoms with E-state index in [9.17, 15) is 18.0 Å². The lowest BCUT2D eigenvalue weighted by Gasteiger charge is -2.04. The van der Waals surface area contributed by atoms with Gasteiger partial charge < -0.3 is 0 Å². The smallest absolute Gasteiger partial charge is 0.260 e. The minimum atomic E-state index is -1.68. The fourth-order valence-corrected chi connectivity index (χ4v) is 2.65. The number of hydrogen-bond donors (Lipinski definition) is 1. The van der Waals surface area contributed by atoms with Crippen LogP contribution in [0.15, 0.2) is 47.8 Å². The van der Waals surface area contributed by atoms with E-state index >= 15 is 0 Å². The molecule has 0 bridgehead atoms. The van der Waals surface area contributed by atoms with Crippen LogP contribution in [0.4, 0.5) is 18.3 Å². The van der Waals surface area contributed by atoms with Crippen LogP contribution in [0.25, 0.3) is 11.3 Å². The zero-order valence-corrected chi connectivity index (χ0v) is 12.3. The quantitative estimate of drug-likeness (QED) is 0.718. The molecular formula is C16H9F3N2OS. The largest absolute Gasteiger partial charge is 0.298 e. The van der Waals surface area contributed by atoms with Crippen LogP contribution < -0.4 is 5.32 Å². The van der Waals surface area contributed by atoms with Crippen LogP contribution in [-0.2, 0) is 0 Å². The highest BCUT2D eigenvalue weighted by Crippen LogP contribution is 2.25. The normalized spacial score (nSPS) is 10.6. The Balaban J connectivity index is 1.82. The molecule has 1 amide bonds. The van der Waals surface area contributed by atoms with Crippen molar-refractivity contribution in [2.75, 3.05) is 5.32 Å². The second-order valence-electron chi connectivity index (χ2n) is 4.58. The van der Waals surface area contributed by atoms with Crippen molar-refractivity contribution in [2.45, 2.75) is 0 Å². The van der Waals surface area contributed by atoms with Crippen molar-refractivity contribution >= 4 is 22.4 Å². The molecule has 0 spiro atoms. The summed E-state index contributed by atoms with van der Waals surface area (Å²) in [5, 5.41) is 4.34. The van der Waals surface area contributed by atoms with Gasteiger partial charge in [0.25, 0.3) is 5.91 Å². The number of nitrogens with one attached hydrogen (secondary N) is 1. The summed E-state index contributed by atoms with van der Waals surface area (Å²) in [5.41, 5.74) is 0.931. The van der Waals surface area contributed by atoms with Crippen molar-refractivity contribution < 1.29 is 18.0 Å². The van der Waals surface area contributed by atoms with Crippen molar-refractivity contribution in [1.29, 1.82) is 0 Å². The van der Waals surface area contributed by atoms with Crippen LogP contribution >= 0.6 is 11.3 Å². The number of carbonyl (C=O) groups is 1. The third kappa shape index (κ3) is 3.09. The van der Waals surface area contributed by atoms with Crippen molar-refractivity contribution in [1.82, 2.24) is 4.98 Å². The summed E-state index contributed by atoms with van der Waals surface area (Å²) >= 11 is 1.15. The van der Waals surface area contributed by atoms with E-state index in [0.717, 1.165) is 23.0 Å². The predicted molar refractivity (Wildman–Crippen MR) is 81.8 cm³/mol. The first kappa shape index (κ1) is 15.2. The van der Waals surface area contributed by atoms with Crippen LogP contribution in [0.1, 0.15) is 10.4 Å². The highest BCUT2D eigenvalue weighted by Gasteiger charge is 2.19. The molecule has 3 aromatic rings. The van der Waals surface area contributed by atoms with E-state index in [4.69, 9.17) is 0 Å². The highest BCUT2D eigenvalue weighted by atomic mass is 32.1. The molecule has 1 aromatic heterocycles. The number of hydrogen-bond acceptors (Lipinski definition) is 3. The molecule has 0 saturated heterocycles. The average Bonchev–Trinajstić information content (AvgIpc) is 3.02. The van der Waals surface area contributed by atoms with Gasteiger partial charge >= 0.3 is 0 Å². The van der Waals surface area contributed by atoms with Gasteiger partial charge in [-0.25, -0.2) is 18.2 Å². The Morgan fingerprint density at radius 1 is 1.00 bits per heavy atom. The summed E-state index contributed by atoms with van der Waals surface area (Å²) in [6, 6.07) is 10.9. The van der Waals surface area contributed by atoms with Gasteiger partial charge in [-0.15, -0.1) is 11.3 Å². The van der Waals surface area contributed by atoms with Gasteiger partial charge in [-0.2, -0.15) is 0 Å². The number of benzene rings is 2. The molecule has 0 aliphatic heterocycles. The molecule has 2 aromatic carbocycles. The van der Waals surface area contributed by atoms with Gasteiger partial charge in [0.05, 0.1) is 11.3 Å². The Hall–Kier alpha value is -2.67. The van der Waals surface area contributed by atoms with Gasteiger partial charge in [0, 0.05) is 10.9 Å². The van der Waals surface area contributed by atoms with Crippen LogP contribution in [-0.4, -0.2) is 10.9 Å². The molecule has 0 unspecified atom stereocenters. The highest BCUT2D eigenvalue weighted by molar-refractivity contribution is 7.14. The SMILES string of the molecule is O=C(Nc1nc(-c2ccccc2)cs1)c1ccc(F)c(F)c1F. The summed E-state index contributed by atoms with van der Waals surface area (Å²) in [5.74, 6) is -5.45. The summed E-state index contributed by atoms with van der Waals surface area (Å²) in [4.78, 5) is 16.2. The maximum atomic E-state index is 13.6. The van der Waals surface area contributed by atoms with E-state index in [1.54, 1.807) is 5.38 Å². The molecule has 1 N–H and O–H groups in total. The minimum absolute atomic E-state index is 0.234. The van der Waals surface area contributed by atoms with Gasteiger partial charge in [-0.05, 0) is 12.1 Å². The van der Waals surface area contributed by atoms with Crippen LogP contribution in [0.3, 0.4) is 0 Å². The molecule has 1 heterocycles. The third-order valence-corrected chi connectivity index (χ3v) is 3.83. The van der Waals surface area contributed by atoms with Crippen molar-refractivity contribution in [3.05, 3.63) is 70.9 Å². The molecule has 0 aliphatic carbocycles. The Morgan fingerprint density at radius 2 is 1.74 bits per heavy atom. The summed E-state index contributed by atoms with van der Waals surface area (Å²) in [6.07, 6.45) is 0. The first-order valence-corrected chi connectivity index (χ1v) is 7.40. The second-order valence-corrected chi connectivity index (χ2v) is 5.44. The summed E-state index contributed by atoms with van der Waals surface area (Å²) < 4.78 is 39.6. The maximum absolute atomic E-state index is 13.6. The van der Waals surface area contributed by atoms with Gasteiger partial charge in [0.2, 0.25) is 0 Å². The summed E-state index contributed by atoms with van der Waals surface area (Å²) in [6.45, 7) is 0. The van der Waals surface area contributed by atoms with Crippen molar-refractivity contribution in [3.63, 3.8) is 0 Å². The molecule has 0 aliphatic rings. The molecule has 0 fully saturated rings. The first-order chi connectivity index (χ1) is 11.1. The lowest BCUT2D eigenvalue weighted by molar-refractivity contribution is 0.102. The number of anilines is 1. The van der Waals surface area contributed by atoms with Crippen LogP contribution in [0.2, 0.25) is 0 Å². The van der Waals surface area contributed by atoms with Gasteiger partial charge in [0.15, 0.2) is 22.6 Å². The monoisotopic (exact) mass is 334 g/mol. The Kier molecular flexibility index (Phi) is 4.12. The Bertz CT molecular complexity index is 865. The first-order valence-electron chi connectivity index (χ1n) is 6.52. The molecular weight excluding hydrogens is 325 g/mol. The average molecular weight is 334 g/mol. The standard InChI is InChI=1S/C16H9F3N2OS/c17-11-7-6-10(13(18)14(11)19)15(22)21-16-20-12(8-23-16)9-4-2-1-3-5-9/h1-8H,(H,20,21,22). The number of carbonyl (C=O) groups excluding carboxylic acids is 1. The maximum Gasteiger partial charge on any atom is 0.260 e. The molecule has 3 nitrogen and oxygen atoms in total. The molecule has 7 heteroatoms. The zero-order chi connectivity index (χ0) is 16.4. The van der Waals surface area contributed by atoms with E-state index < -0.39 is 28.9 Å². The third-order valence-electron chi connectivity index (χ3n) is 3.07. The minimum Gasteiger partial charge on any atom is -0.298 e. The number of nitrogens with zero attached hydrogens (tertiary/aromatic N) is 1. The van der Waals surface area contributed by atoms with E-state index in [1.165, 1.54) is 0 Å². The zero-order valence-electron chi connectivity index (χ0n) is 11.5. The van der Waals surface area contributed by atoms with Gasteiger partial charge in [-0.3, -0.25) is 10.1 Å². The lowest BCUT2D eigenvalue weighted by Crippen LogP contribution is -2.15. The van der Waals surface area contributed by atoms with E-state index in [2.05, 4.69) is 10.3 Å². The molecule has 3 rings (SSSR count). The molecule has 23 heavy (non-hydrogen) atoms. The fraction of sp³-hybridized carbons (Fsp3) is 0. The predicted octanol–water partition coefficient (Wildman–Crippen LogP) is 4.48. The fourth-order valence-electron chi connectivity index (χ4n) is 1.94. The number of halogens is 3. The number of amides is 1. The van der Waals surface area contributed by atoms with Crippen molar-refractivity contribution in [2.24, 2.45) is 0 Å². The van der Waals surface area contributed by atoms with Gasteiger partial charge in [-0.1, -0.05) is 30.3 Å². The second kappa shape index (κ2) is 6.21. The van der Waals surface area contributed by atoms with Gasteiger partial charge in [0.1, 0.15) is 0 Å². The van der Waals surface area contributed by atoms with E-state index in [0.29, 0.717) is 11.8 Å².